The van der Waals surface area contributed by atoms with Gasteiger partial charge in [-0.05, 0) is 6.07 Å². The Morgan fingerprint density at radius 1 is 1.33 bits per heavy atom. The van der Waals surface area contributed by atoms with Crippen molar-refractivity contribution in [1.82, 2.24) is 0 Å². The summed E-state index contributed by atoms with van der Waals surface area (Å²) < 4.78 is 15.2. The fraction of sp³-hybridized carbons (Fsp3) is 0.385. The van der Waals surface area contributed by atoms with Crippen LogP contribution in [0.1, 0.15) is 17.3 Å². The molecule has 0 radical (unpaired) electrons. The van der Waals surface area contributed by atoms with Crippen molar-refractivity contribution < 1.29 is 28.9 Å². The second kappa shape index (κ2) is 8.46. The molecule has 1 rings (SSSR count). The molecule has 0 fully saturated rings. The number of carbonyl (C=O) groups is 2. The smallest absolute Gasteiger partial charge is 0.339 e. The van der Waals surface area contributed by atoms with E-state index in [1.165, 1.54) is 26.2 Å². The van der Waals surface area contributed by atoms with Crippen LogP contribution in [0.3, 0.4) is 0 Å². The molecule has 0 aliphatic rings. The zero-order valence-electron chi connectivity index (χ0n) is 11.6. The van der Waals surface area contributed by atoms with Gasteiger partial charge in [0.05, 0.1) is 23.9 Å². The van der Waals surface area contributed by atoms with Gasteiger partial charge >= 0.3 is 5.97 Å². The van der Waals surface area contributed by atoms with Crippen LogP contribution in [0.5, 0.6) is 5.75 Å². The summed E-state index contributed by atoms with van der Waals surface area (Å²) in [7, 11) is 1.53. The van der Waals surface area contributed by atoms with Crippen LogP contribution in [-0.2, 0) is 14.3 Å². The molecule has 0 aliphatic heterocycles. The molecular weight excluding hydrogens is 302 g/mol. The number of amides is 1. The maximum atomic E-state index is 11.2. The lowest BCUT2D eigenvalue weighted by Crippen LogP contribution is -2.12. The van der Waals surface area contributed by atoms with Crippen molar-refractivity contribution in [1.29, 1.82) is 0 Å². The SMILES string of the molecule is COCCOCOc1cc(NC(C)=O)c(Cl)cc1C(=O)O. The van der Waals surface area contributed by atoms with E-state index in [1.807, 2.05) is 0 Å². The molecule has 0 atom stereocenters. The highest BCUT2D eigenvalue weighted by atomic mass is 35.5. The van der Waals surface area contributed by atoms with Crippen LogP contribution in [0.15, 0.2) is 12.1 Å². The van der Waals surface area contributed by atoms with Crippen molar-refractivity contribution in [3.63, 3.8) is 0 Å². The molecule has 0 unspecified atom stereocenters. The number of carboxylic acids is 1. The van der Waals surface area contributed by atoms with Gasteiger partial charge in [-0.3, -0.25) is 4.79 Å². The monoisotopic (exact) mass is 317 g/mol. The topological polar surface area (TPSA) is 94.1 Å². The molecule has 0 saturated carbocycles. The van der Waals surface area contributed by atoms with E-state index in [0.717, 1.165) is 0 Å². The van der Waals surface area contributed by atoms with Crippen LogP contribution in [-0.4, -0.2) is 44.1 Å². The zero-order valence-corrected chi connectivity index (χ0v) is 12.4. The largest absolute Gasteiger partial charge is 0.478 e. The summed E-state index contributed by atoms with van der Waals surface area (Å²) in [6.07, 6.45) is 0. The van der Waals surface area contributed by atoms with Crippen molar-refractivity contribution in [3.05, 3.63) is 22.7 Å². The molecule has 0 heterocycles. The maximum Gasteiger partial charge on any atom is 0.339 e. The molecule has 8 heteroatoms. The van der Waals surface area contributed by atoms with Gasteiger partial charge in [-0.15, -0.1) is 0 Å². The lowest BCUT2D eigenvalue weighted by molar-refractivity contribution is -0.114. The van der Waals surface area contributed by atoms with E-state index in [4.69, 9.17) is 30.9 Å². The third kappa shape index (κ3) is 5.58. The Morgan fingerprint density at radius 3 is 2.62 bits per heavy atom. The average Bonchev–Trinajstić information content (AvgIpc) is 2.40. The van der Waals surface area contributed by atoms with E-state index in [2.05, 4.69) is 5.32 Å². The molecular formula is C13H16ClNO6. The van der Waals surface area contributed by atoms with Crippen LogP contribution in [0.25, 0.3) is 0 Å². The van der Waals surface area contributed by atoms with E-state index in [-0.39, 0.29) is 34.7 Å². The number of rotatable bonds is 8. The number of carbonyl (C=O) groups excluding carboxylic acids is 1. The number of hydrogen-bond acceptors (Lipinski definition) is 5. The van der Waals surface area contributed by atoms with Gasteiger partial charge in [-0.25, -0.2) is 4.79 Å². The first-order valence-corrected chi connectivity index (χ1v) is 6.37. The van der Waals surface area contributed by atoms with Gasteiger partial charge in [0.15, 0.2) is 6.79 Å². The summed E-state index contributed by atoms with van der Waals surface area (Å²) in [5.41, 5.74) is 0.144. The minimum absolute atomic E-state index is 0.0491. The van der Waals surface area contributed by atoms with E-state index >= 15 is 0 Å². The van der Waals surface area contributed by atoms with Gasteiger partial charge in [-0.2, -0.15) is 0 Å². The molecule has 1 aromatic rings. The molecule has 1 aromatic carbocycles. The van der Waals surface area contributed by atoms with Crippen LogP contribution >= 0.6 is 11.6 Å². The molecule has 0 saturated heterocycles. The minimum atomic E-state index is -1.20. The molecule has 116 valence electrons. The van der Waals surface area contributed by atoms with Crippen LogP contribution < -0.4 is 10.1 Å². The van der Waals surface area contributed by atoms with Crippen molar-refractivity contribution >= 4 is 29.2 Å². The lowest BCUT2D eigenvalue weighted by atomic mass is 10.2. The number of carboxylic acid groups (broad SMARTS) is 1. The highest BCUT2D eigenvalue weighted by molar-refractivity contribution is 6.34. The number of methoxy groups -OCH3 is 1. The predicted octanol–water partition coefficient (Wildman–Crippen LogP) is 2.00. The first-order chi connectivity index (χ1) is 9.95. The van der Waals surface area contributed by atoms with E-state index in [0.29, 0.717) is 13.2 Å². The molecule has 0 aromatic heterocycles. The van der Waals surface area contributed by atoms with Crippen LogP contribution in [0, 0.1) is 0 Å². The normalized spacial score (nSPS) is 10.2. The summed E-state index contributed by atoms with van der Waals surface area (Å²) in [6.45, 7) is 1.87. The Balaban J connectivity index is 2.87. The van der Waals surface area contributed by atoms with Crippen molar-refractivity contribution in [2.75, 3.05) is 32.4 Å². The Bertz CT molecular complexity index is 520. The highest BCUT2D eigenvalue weighted by Gasteiger charge is 2.16. The maximum absolute atomic E-state index is 11.2. The van der Waals surface area contributed by atoms with E-state index in [1.54, 1.807) is 0 Å². The fourth-order valence-corrected chi connectivity index (χ4v) is 1.64. The molecule has 0 spiro atoms. The molecule has 7 nitrogen and oxygen atoms in total. The minimum Gasteiger partial charge on any atom is -0.478 e. The summed E-state index contributed by atoms with van der Waals surface area (Å²) >= 11 is 5.91. The Hall–Kier alpha value is -1.83. The standard InChI is InChI=1S/C13H16ClNO6/c1-8(16)15-11-6-12(21-7-20-4-3-19-2)9(13(17)18)5-10(11)14/h5-6H,3-4,7H2,1-2H3,(H,15,16)(H,17,18). The average molecular weight is 318 g/mol. The highest BCUT2D eigenvalue weighted by Crippen LogP contribution is 2.31. The van der Waals surface area contributed by atoms with Crippen molar-refractivity contribution in [2.24, 2.45) is 0 Å². The molecule has 0 aliphatic carbocycles. The number of nitrogens with one attached hydrogen (secondary N) is 1. The third-order valence-electron chi connectivity index (χ3n) is 2.34. The number of ether oxygens (including phenoxy) is 3. The Labute approximate surface area is 126 Å². The van der Waals surface area contributed by atoms with Gasteiger partial charge in [0, 0.05) is 20.1 Å². The van der Waals surface area contributed by atoms with Crippen molar-refractivity contribution in [2.45, 2.75) is 6.92 Å². The number of benzene rings is 1. The van der Waals surface area contributed by atoms with Crippen LogP contribution in [0.4, 0.5) is 5.69 Å². The number of anilines is 1. The van der Waals surface area contributed by atoms with Gasteiger partial charge < -0.3 is 24.6 Å². The first-order valence-electron chi connectivity index (χ1n) is 5.99. The van der Waals surface area contributed by atoms with Gasteiger partial charge in [0.1, 0.15) is 11.3 Å². The summed E-state index contributed by atoms with van der Waals surface area (Å²) in [4.78, 5) is 22.2. The number of aromatic carboxylic acids is 1. The van der Waals surface area contributed by atoms with Gasteiger partial charge in [-0.1, -0.05) is 11.6 Å². The molecule has 1 amide bonds. The van der Waals surface area contributed by atoms with Gasteiger partial charge in [0.2, 0.25) is 5.91 Å². The van der Waals surface area contributed by atoms with E-state index in [9.17, 15) is 9.59 Å². The summed E-state index contributed by atoms with van der Waals surface area (Å²) in [5.74, 6) is -1.48. The summed E-state index contributed by atoms with van der Waals surface area (Å²) in [5, 5.41) is 11.7. The van der Waals surface area contributed by atoms with E-state index < -0.39 is 5.97 Å². The van der Waals surface area contributed by atoms with Crippen molar-refractivity contribution in [3.8, 4) is 5.75 Å². The third-order valence-corrected chi connectivity index (χ3v) is 2.65. The van der Waals surface area contributed by atoms with Gasteiger partial charge in [0.25, 0.3) is 0 Å². The zero-order chi connectivity index (χ0) is 15.8. The lowest BCUT2D eigenvalue weighted by Gasteiger charge is -2.13. The quantitative estimate of drug-likeness (QED) is 0.562. The predicted molar refractivity (Wildman–Crippen MR) is 76.0 cm³/mol. The number of halogens is 1. The molecule has 21 heavy (non-hydrogen) atoms. The summed E-state index contributed by atoms with van der Waals surface area (Å²) in [6, 6.07) is 2.55. The molecule has 0 bridgehead atoms. The Morgan fingerprint density at radius 2 is 2.05 bits per heavy atom. The fourth-order valence-electron chi connectivity index (χ4n) is 1.43. The Kier molecular flexibility index (Phi) is 6.93. The molecule has 2 N–H and O–H groups in total. The number of hydrogen-bond donors (Lipinski definition) is 2. The second-order valence-corrected chi connectivity index (χ2v) is 4.38. The first kappa shape index (κ1) is 17.2. The second-order valence-electron chi connectivity index (χ2n) is 3.98. The van der Waals surface area contributed by atoms with Crippen LogP contribution in [0.2, 0.25) is 5.02 Å².